The second-order valence-electron chi connectivity index (χ2n) is 8.55. The molecule has 0 spiro atoms. The molecular weight excluding hydrogens is 414 g/mol. The van der Waals surface area contributed by atoms with Gasteiger partial charge in [0.25, 0.3) is 0 Å². The molecule has 33 heavy (non-hydrogen) atoms. The van der Waals surface area contributed by atoms with Gasteiger partial charge in [0, 0.05) is 56.4 Å². The van der Waals surface area contributed by atoms with E-state index >= 15 is 0 Å². The molecule has 3 aromatic rings. The van der Waals surface area contributed by atoms with E-state index < -0.39 is 0 Å². The minimum absolute atomic E-state index is 0.132. The van der Waals surface area contributed by atoms with Gasteiger partial charge in [-0.15, -0.1) is 0 Å². The van der Waals surface area contributed by atoms with Gasteiger partial charge in [0.05, 0.1) is 31.0 Å². The van der Waals surface area contributed by atoms with Gasteiger partial charge in [-0.1, -0.05) is 18.2 Å². The number of hydrogen-bond donors (Lipinski definition) is 0. The van der Waals surface area contributed by atoms with Gasteiger partial charge in [0.1, 0.15) is 0 Å². The molecule has 1 amide bonds. The van der Waals surface area contributed by atoms with Gasteiger partial charge in [-0.25, -0.2) is 4.68 Å². The average Bonchev–Trinajstić information content (AvgIpc) is 3.13. The lowest BCUT2D eigenvalue weighted by atomic mass is 10.1. The van der Waals surface area contributed by atoms with Crippen LogP contribution >= 0.6 is 0 Å². The van der Waals surface area contributed by atoms with Gasteiger partial charge < -0.3 is 9.64 Å². The molecule has 1 saturated heterocycles. The van der Waals surface area contributed by atoms with Crippen molar-refractivity contribution in [1.82, 2.24) is 24.6 Å². The van der Waals surface area contributed by atoms with E-state index in [4.69, 9.17) is 9.84 Å². The van der Waals surface area contributed by atoms with Crippen molar-refractivity contribution < 1.29 is 9.53 Å². The highest BCUT2D eigenvalue weighted by molar-refractivity contribution is 5.79. The summed E-state index contributed by atoms with van der Waals surface area (Å²) in [5.41, 5.74) is 5.04. The maximum Gasteiger partial charge on any atom is 0.227 e. The third-order valence-corrected chi connectivity index (χ3v) is 6.25. The van der Waals surface area contributed by atoms with Crippen molar-refractivity contribution >= 4 is 5.91 Å². The van der Waals surface area contributed by atoms with E-state index in [-0.39, 0.29) is 5.91 Å². The van der Waals surface area contributed by atoms with Gasteiger partial charge in [0.2, 0.25) is 5.91 Å². The van der Waals surface area contributed by atoms with Crippen LogP contribution in [0.1, 0.15) is 28.9 Å². The number of nitrogens with zero attached hydrogens (tertiary/aromatic N) is 5. The van der Waals surface area contributed by atoms with Crippen LogP contribution in [0.3, 0.4) is 0 Å². The van der Waals surface area contributed by atoms with E-state index in [1.54, 1.807) is 12.4 Å². The zero-order valence-electron chi connectivity index (χ0n) is 19.6. The van der Waals surface area contributed by atoms with Crippen LogP contribution < -0.4 is 0 Å². The molecule has 3 heterocycles. The number of hydrogen-bond acceptors (Lipinski definition) is 5. The molecule has 7 heteroatoms. The lowest BCUT2D eigenvalue weighted by Gasteiger charge is -2.28. The summed E-state index contributed by atoms with van der Waals surface area (Å²) in [5, 5.41) is 4.72. The van der Waals surface area contributed by atoms with E-state index in [0.29, 0.717) is 13.0 Å². The molecule has 0 N–H and O–H groups in total. The molecule has 1 aromatic carbocycles. The minimum atomic E-state index is 0.132. The number of aromatic nitrogens is 3. The Kier molecular flexibility index (Phi) is 7.86. The number of ether oxygens (including phenoxy) is 1. The number of para-hydroxylation sites is 1. The second kappa shape index (κ2) is 11.2. The Labute approximate surface area is 196 Å². The van der Waals surface area contributed by atoms with Crippen LogP contribution in [0.5, 0.6) is 0 Å². The number of carbonyl (C=O) groups is 1. The third-order valence-electron chi connectivity index (χ3n) is 6.25. The van der Waals surface area contributed by atoms with E-state index in [1.807, 2.05) is 65.9 Å². The van der Waals surface area contributed by atoms with Gasteiger partial charge >= 0.3 is 0 Å². The number of carbonyl (C=O) groups excluding carboxylic acids is 1. The first-order chi connectivity index (χ1) is 16.1. The summed E-state index contributed by atoms with van der Waals surface area (Å²) in [6.07, 6.45) is 4.86. The highest BCUT2D eigenvalue weighted by atomic mass is 16.5. The van der Waals surface area contributed by atoms with E-state index in [2.05, 4.69) is 9.88 Å². The average molecular weight is 448 g/mol. The Morgan fingerprint density at radius 1 is 1.06 bits per heavy atom. The number of aryl methyl sites for hydroxylation is 1. The standard InChI is InChI=1S/C26H33N5O2/c1-21-25(22(2)31(28-21)24-7-4-3-5-8-24)19-26(32)30(20-23-9-11-27-12-10-23)14-6-13-29-15-17-33-18-16-29/h3-5,7-12H,6,13-20H2,1-2H3. The molecule has 0 saturated carbocycles. The molecule has 174 valence electrons. The molecule has 1 aliphatic heterocycles. The van der Waals surface area contributed by atoms with Crippen LogP contribution in [0, 0.1) is 13.8 Å². The van der Waals surface area contributed by atoms with Crippen LogP contribution in [0.2, 0.25) is 0 Å². The summed E-state index contributed by atoms with van der Waals surface area (Å²) in [7, 11) is 0. The number of pyridine rings is 1. The van der Waals surface area contributed by atoms with Crippen molar-refractivity contribution in [3.63, 3.8) is 0 Å². The summed E-state index contributed by atoms with van der Waals surface area (Å²) in [6.45, 7) is 9.85. The normalized spacial score (nSPS) is 14.4. The molecule has 0 bridgehead atoms. The third kappa shape index (κ3) is 6.06. The van der Waals surface area contributed by atoms with Crippen molar-refractivity contribution in [3.05, 3.63) is 77.4 Å². The molecule has 1 fully saturated rings. The molecule has 0 radical (unpaired) electrons. The van der Waals surface area contributed by atoms with E-state index in [9.17, 15) is 4.79 Å². The Balaban J connectivity index is 1.46. The van der Waals surface area contributed by atoms with Crippen molar-refractivity contribution in [2.45, 2.75) is 33.2 Å². The smallest absolute Gasteiger partial charge is 0.227 e. The monoisotopic (exact) mass is 447 g/mol. The first kappa shape index (κ1) is 23.1. The number of amides is 1. The predicted octanol–water partition coefficient (Wildman–Crippen LogP) is 3.18. The SMILES string of the molecule is Cc1nn(-c2ccccc2)c(C)c1CC(=O)N(CCCN1CCOCC1)Cc1ccncc1. The first-order valence-corrected chi connectivity index (χ1v) is 11.7. The second-order valence-corrected chi connectivity index (χ2v) is 8.55. The fourth-order valence-corrected chi connectivity index (χ4v) is 4.32. The largest absolute Gasteiger partial charge is 0.379 e. The maximum atomic E-state index is 13.5. The Hall–Kier alpha value is -3.03. The van der Waals surface area contributed by atoms with Crippen LogP contribution in [0.4, 0.5) is 0 Å². The quantitative estimate of drug-likeness (QED) is 0.504. The lowest BCUT2D eigenvalue weighted by Crippen LogP contribution is -2.39. The highest BCUT2D eigenvalue weighted by Crippen LogP contribution is 2.20. The van der Waals surface area contributed by atoms with Gasteiger partial charge in [-0.2, -0.15) is 5.10 Å². The molecule has 0 unspecified atom stereocenters. The summed E-state index contributed by atoms with van der Waals surface area (Å²) in [6, 6.07) is 14.0. The van der Waals surface area contributed by atoms with Crippen molar-refractivity contribution in [2.75, 3.05) is 39.4 Å². The van der Waals surface area contributed by atoms with E-state index in [0.717, 1.165) is 74.0 Å². The summed E-state index contributed by atoms with van der Waals surface area (Å²) in [4.78, 5) is 22.0. The molecule has 4 rings (SSSR count). The van der Waals surface area contributed by atoms with Crippen molar-refractivity contribution in [2.24, 2.45) is 0 Å². The van der Waals surface area contributed by atoms with Gasteiger partial charge in [-0.3, -0.25) is 14.7 Å². The van der Waals surface area contributed by atoms with Crippen molar-refractivity contribution in [3.8, 4) is 5.69 Å². The fourth-order valence-electron chi connectivity index (χ4n) is 4.32. The molecular formula is C26H33N5O2. The van der Waals surface area contributed by atoms with Crippen LogP contribution in [-0.2, 0) is 22.5 Å². The lowest BCUT2D eigenvalue weighted by molar-refractivity contribution is -0.131. The number of morpholine rings is 1. The fraction of sp³-hybridized carbons (Fsp3) is 0.423. The van der Waals surface area contributed by atoms with Crippen LogP contribution in [0.25, 0.3) is 5.69 Å². The van der Waals surface area contributed by atoms with Crippen LogP contribution in [0.15, 0.2) is 54.9 Å². The maximum absolute atomic E-state index is 13.5. The Morgan fingerprint density at radius 2 is 1.79 bits per heavy atom. The minimum Gasteiger partial charge on any atom is -0.379 e. The molecule has 7 nitrogen and oxygen atoms in total. The van der Waals surface area contributed by atoms with Gasteiger partial charge in [0.15, 0.2) is 0 Å². The first-order valence-electron chi connectivity index (χ1n) is 11.7. The molecule has 0 aliphatic carbocycles. The Bertz CT molecular complexity index is 1030. The zero-order chi connectivity index (χ0) is 23.0. The predicted molar refractivity (Wildman–Crippen MR) is 128 cm³/mol. The van der Waals surface area contributed by atoms with E-state index in [1.165, 1.54) is 0 Å². The molecule has 2 aromatic heterocycles. The molecule has 1 aliphatic rings. The van der Waals surface area contributed by atoms with Crippen LogP contribution in [-0.4, -0.2) is 69.9 Å². The number of benzene rings is 1. The summed E-state index contributed by atoms with van der Waals surface area (Å²) < 4.78 is 7.38. The Morgan fingerprint density at radius 3 is 2.52 bits per heavy atom. The summed E-state index contributed by atoms with van der Waals surface area (Å²) in [5.74, 6) is 0.132. The summed E-state index contributed by atoms with van der Waals surface area (Å²) >= 11 is 0. The van der Waals surface area contributed by atoms with Crippen molar-refractivity contribution in [1.29, 1.82) is 0 Å². The van der Waals surface area contributed by atoms with Gasteiger partial charge in [-0.05, 0) is 50.1 Å². The number of rotatable bonds is 9. The molecule has 0 atom stereocenters. The zero-order valence-corrected chi connectivity index (χ0v) is 19.6. The highest BCUT2D eigenvalue weighted by Gasteiger charge is 2.21. The topological polar surface area (TPSA) is 63.5 Å².